The average Bonchev–Trinajstić information content (AvgIpc) is 2.78. The Morgan fingerprint density at radius 1 is 0.571 bits per heavy atom. The second kappa shape index (κ2) is 9.74. The Hall–Kier alpha value is -3.93. The maximum Gasteiger partial charge on any atom is 0.343 e. The average molecular weight is 475 g/mol. The highest BCUT2D eigenvalue weighted by Crippen LogP contribution is 2.27. The lowest BCUT2D eigenvalue weighted by atomic mass is 9.87. The summed E-state index contributed by atoms with van der Waals surface area (Å²) in [6.45, 7) is 12.4. The van der Waals surface area contributed by atoms with Crippen molar-refractivity contribution in [2.45, 2.75) is 52.4 Å². The van der Waals surface area contributed by atoms with Crippen LogP contribution >= 0.6 is 0 Å². The number of hydrogen-bond donors (Lipinski definition) is 1. The van der Waals surface area contributed by atoms with Crippen LogP contribution in [0, 0.1) is 0 Å². The fourth-order valence-corrected chi connectivity index (χ4v) is 3.36. The van der Waals surface area contributed by atoms with Crippen LogP contribution < -0.4 is 9.47 Å². The third-order valence-electron chi connectivity index (χ3n) is 5.52. The summed E-state index contributed by atoms with van der Waals surface area (Å²) in [6.07, 6.45) is 0. The zero-order valence-corrected chi connectivity index (χ0v) is 20.8. The van der Waals surface area contributed by atoms with Gasteiger partial charge in [0, 0.05) is 6.07 Å². The van der Waals surface area contributed by atoms with E-state index in [2.05, 4.69) is 41.5 Å². The summed E-state index contributed by atoms with van der Waals surface area (Å²) in [5, 5.41) is 9.47. The molecule has 0 fully saturated rings. The van der Waals surface area contributed by atoms with Crippen LogP contribution in [0.1, 0.15) is 83.7 Å². The monoisotopic (exact) mass is 474 g/mol. The highest BCUT2D eigenvalue weighted by molar-refractivity contribution is 5.94. The second-order valence-corrected chi connectivity index (χ2v) is 10.4. The van der Waals surface area contributed by atoms with Crippen LogP contribution in [-0.2, 0) is 10.8 Å². The normalized spacial score (nSPS) is 11.6. The van der Waals surface area contributed by atoms with Crippen molar-refractivity contribution in [2.75, 3.05) is 0 Å². The van der Waals surface area contributed by atoms with Crippen molar-refractivity contribution in [3.8, 4) is 11.5 Å². The van der Waals surface area contributed by atoms with Crippen LogP contribution in [0.2, 0.25) is 0 Å². The minimum absolute atomic E-state index is 0.0410. The van der Waals surface area contributed by atoms with E-state index in [-0.39, 0.29) is 27.9 Å². The molecular formula is C29H30O6. The predicted molar refractivity (Wildman–Crippen MR) is 134 cm³/mol. The van der Waals surface area contributed by atoms with E-state index in [9.17, 15) is 19.5 Å². The number of carbonyl (C=O) groups is 3. The van der Waals surface area contributed by atoms with Gasteiger partial charge in [0.05, 0.1) is 16.7 Å². The van der Waals surface area contributed by atoms with E-state index in [0.29, 0.717) is 11.1 Å². The van der Waals surface area contributed by atoms with Gasteiger partial charge >= 0.3 is 17.9 Å². The van der Waals surface area contributed by atoms with E-state index in [1.807, 2.05) is 24.3 Å². The summed E-state index contributed by atoms with van der Waals surface area (Å²) in [6, 6.07) is 17.8. The quantitative estimate of drug-likeness (QED) is 0.339. The summed E-state index contributed by atoms with van der Waals surface area (Å²) < 4.78 is 10.8. The Morgan fingerprint density at radius 2 is 0.914 bits per heavy atom. The summed E-state index contributed by atoms with van der Waals surface area (Å²) in [5.74, 6) is -2.63. The molecule has 0 saturated heterocycles. The third-order valence-corrected chi connectivity index (χ3v) is 5.52. The molecule has 0 saturated carbocycles. The van der Waals surface area contributed by atoms with E-state index in [1.54, 1.807) is 24.3 Å². The standard InChI is InChI=1S/C29H30O6/c1-28(2,3)21-11-7-18(8-12-21)26(32)34-23-15-20(25(30)31)16-24(17-23)35-27(33)19-9-13-22(14-10-19)29(4,5)6/h7-17H,1-6H3,(H,30,31). The number of carboxylic acids is 1. The molecule has 0 aromatic heterocycles. The second-order valence-electron chi connectivity index (χ2n) is 10.4. The number of carboxylic acid groups (broad SMARTS) is 1. The predicted octanol–water partition coefficient (Wildman–Crippen LogP) is 6.42. The van der Waals surface area contributed by atoms with Gasteiger partial charge < -0.3 is 14.6 Å². The van der Waals surface area contributed by atoms with Crippen LogP contribution in [0.5, 0.6) is 11.5 Å². The molecule has 0 aliphatic carbocycles. The number of ether oxygens (including phenoxy) is 2. The first kappa shape index (κ1) is 25.7. The fourth-order valence-electron chi connectivity index (χ4n) is 3.36. The van der Waals surface area contributed by atoms with Crippen molar-refractivity contribution in [2.24, 2.45) is 0 Å². The van der Waals surface area contributed by atoms with E-state index >= 15 is 0 Å². The van der Waals surface area contributed by atoms with Crippen molar-refractivity contribution in [3.05, 3.63) is 94.5 Å². The highest BCUT2D eigenvalue weighted by atomic mass is 16.5. The lowest BCUT2D eigenvalue weighted by Crippen LogP contribution is -2.14. The molecule has 0 spiro atoms. The molecule has 6 heteroatoms. The van der Waals surface area contributed by atoms with Gasteiger partial charge in [0.15, 0.2) is 0 Å². The molecule has 1 N–H and O–H groups in total. The SMILES string of the molecule is CC(C)(C)c1ccc(C(=O)Oc2cc(OC(=O)c3ccc(C(C)(C)C)cc3)cc(C(=O)O)c2)cc1. The topological polar surface area (TPSA) is 89.9 Å². The van der Waals surface area contributed by atoms with Crippen molar-refractivity contribution in [1.29, 1.82) is 0 Å². The number of rotatable bonds is 5. The van der Waals surface area contributed by atoms with Gasteiger partial charge in [-0.15, -0.1) is 0 Å². The molecule has 0 aliphatic heterocycles. The zero-order chi connectivity index (χ0) is 26.0. The van der Waals surface area contributed by atoms with Gasteiger partial charge in [0.1, 0.15) is 11.5 Å². The van der Waals surface area contributed by atoms with Gasteiger partial charge in [-0.3, -0.25) is 0 Å². The van der Waals surface area contributed by atoms with E-state index < -0.39 is 17.9 Å². The summed E-state index contributed by atoms with van der Waals surface area (Å²) in [7, 11) is 0. The molecule has 35 heavy (non-hydrogen) atoms. The molecule has 0 atom stereocenters. The molecule has 0 unspecified atom stereocenters. The summed E-state index contributed by atoms with van der Waals surface area (Å²) >= 11 is 0. The first-order chi connectivity index (χ1) is 16.2. The molecule has 3 rings (SSSR count). The number of esters is 2. The Bertz CT molecular complexity index is 1150. The summed E-state index contributed by atoms with van der Waals surface area (Å²) in [5.41, 5.74) is 2.45. The van der Waals surface area contributed by atoms with Gasteiger partial charge in [0.25, 0.3) is 0 Å². The number of carbonyl (C=O) groups excluding carboxylic acids is 2. The molecule has 182 valence electrons. The zero-order valence-electron chi connectivity index (χ0n) is 20.8. The van der Waals surface area contributed by atoms with E-state index in [4.69, 9.17) is 9.47 Å². The Labute approximate surface area is 205 Å². The van der Waals surface area contributed by atoms with Crippen LogP contribution in [0.4, 0.5) is 0 Å². The molecular weight excluding hydrogens is 444 g/mol. The van der Waals surface area contributed by atoms with Crippen molar-refractivity contribution in [1.82, 2.24) is 0 Å². The van der Waals surface area contributed by atoms with Crippen molar-refractivity contribution in [3.63, 3.8) is 0 Å². The van der Waals surface area contributed by atoms with Crippen LogP contribution in [0.3, 0.4) is 0 Å². The fraction of sp³-hybridized carbons (Fsp3) is 0.276. The van der Waals surface area contributed by atoms with E-state index in [1.165, 1.54) is 18.2 Å². The molecule has 0 amide bonds. The lowest BCUT2D eigenvalue weighted by Gasteiger charge is -2.19. The summed E-state index contributed by atoms with van der Waals surface area (Å²) in [4.78, 5) is 36.9. The molecule has 3 aromatic carbocycles. The van der Waals surface area contributed by atoms with E-state index in [0.717, 1.165) is 11.1 Å². The maximum atomic E-state index is 12.6. The van der Waals surface area contributed by atoms with Crippen LogP contribution in [0.15, 0.2) is 66.7 Å². The molecule has 0 radical (unpaired) electrons. The minimum atomic E-state index is -1.25. The number of aromatic carboxylic acids is 1. The van der Waals surface area contributed by atoms with Crippen molar-refractivity contribution < 1.29 is 29.0 Å². The first-order valence-electron chi connectivity index (χ1n) is 11.3. The minimum Gasteiger partial charge on any atom is -0.478 e. The highest BCUT2D eigenvalue weighted by Gasteiger charge is 2.19. The van der Waals surface area contributed by atoms with Gasteiger partial charge in [-0.25, -0.2) is 14.4 Å². The Kier molecular flexibility index (Phi) is 7.15. The Balaban J connectivity index is 1.81. The van der Waals surface area contributed by atoms with Crippen LogP contribution in [-0.4, -0.2) is 23.0 Å². The number of benzene rings is 3. The van der Waals surface area contributed by atoms with Gasteiger partial charge in [-0.1, -0.05) is 65.8 Å². The van der Waals surface area contributed by atoms with Crippen molar-refractivity contribution >= 4 is 17.9 Å². The first-order valence-corrected chi connectivity index (χ1v) is 11.3. The van der Waals surface area contributed by atoms with Crippen LogP contribution in [0.25, 0.3) is 0 Å². The molecule has 0 aliphatic rings. The van der Waals surface area contributed by atoms with Gasteiger partial charge in [0.2, 0.25) is 0 Å². The van der Waals surface area contributed by atoms with Gasteiger partial charge in [-0.2, -0.15) is 0 Å². The molecule has 6 nitrogen and oxygen atoms in total. The third kappa shape index (κ3) is 6.57. The maximum absolute atomic E-state index is 12.6. The molecule has 3 aromatic rings. The number of hydrogen-bond acceptors (Lipinski definition) is 5. The smallest absolute Gasteiger partial charge is 0.343 e. The largest absolute Gasteiger partial charge is 0.478 e. The Morgan fingerprint density at radius 3 is 1.20 bits per heavy atom. The molecule has 0 bridgehead atoms. The molecule has 0 heterocycles. The van der Waals surface area contributed by atoms with Gasteiger partial charge in [-0.05, 0) is 58.4 Å². The lowest BCUT2D eigenvalue weighted by molar-refractivity contribution is 0.0680.